The lowest BCUT2D eigenvalue weighted by molar-refractivity contribution is 0.0414. The van der Waals surface area contributed by atoms with Crippen LogP contribution in [0.5, 0.6) is 0 Å². The first-order valence-electron chi connectivity index (χ1n) is 10.3. The number of aromatic nitrogens is 1. The third kappa shape index (κ3) is 5.36. The van der Waals surface area contributed by atoms with Crippen LogP contribution in [0, 0.1) is 13.8 Å². The van der Waals surface area contributed by atoms with Gasteiger partial charge in [0.15, 0.2) is 0 Å². The molecule has 1 aliphatic rings. The van der Waals surface area contributed by atoms with Crippen molar-refractivity contribution in [1.82, 2.24) is 14.8 Å². The number of aromatic amines is 1. The Bertz CT molecular complexity index is 903. The maximum atomic E-state index is 13.1. The molecule has 1 saturated heterocycles. The number of fused-ring (bicyclic) bond motifs is 1. The van der Waals surface area contributed by atoms with E-state index >= 15 is 0 Å². The van der Waals surface area contributed by atoms with Gasteiger partial charge in [0.05, 0.1) is 25.3 Å². The normalized spacial score (nSPS) is 14.4. The van der Waals surface area contributed by atoms with Crippen LogP contribution in [0.15, 0.2) is 23.0 Å². The molecule has 7 heteroatoms. The molecule has 2 amide bonds. The summed E-state index contributed by atoms with van der Waals surface area (Å²) in [5.41, 5.74) is 3.49. The predicted octanol–water partition coefficient (Wildman–Crippen LogP) is 2.83. The molecule has 3 rings (SSSR count). The summed E-state index contributed by atoms with van der Waals surface area (Å²) in [4.78, 5) is 32.4. The zero-order chi connectivity index (χ0) is 20.8. The lowest BCUT2D eigenvalue weighted by Gasteiger charge is -2.33. The molecule has 2 heterocycles. The number of carbonyl (C=O) groups excluding carboxylic acids is 1. The maximum absolute atomic E-state index is 13.1. The Morgan fingerprint density at radius 1 is 1.24 bits per heavy atom. The second-order valence-corrected chi connectivity index (χ2v) is 7.52. The largest absolute Gasteiger partial charge is 0.382 e. The minimum atomic E-state index is -0.144. The van der Waals surface area contributed by atoms with Crippen LogP contribution in [-0.2, 0) is 16.0 Å². The smallest absolute Gasteiger partial charge is 0.320 e. The maximum Gasteiger partial charge on any atom is 0.320 e. The lowest BCUT2D eigenvalue weighted by Crippen LogP contribution is -2.48. The van der Waals surface area contributed by atoms with Crippen molar-refractivity contribution in [1.29, 1.82) is 0 Å². The summed E-state index contributed by atoms with van der Waals surface area (Å²) in [5, 5.41) is 0.991. The van der Waals surface area contributed by atoms with Crippen LogP contribution < -0.4 is 5.56 Å². The summed E-state index contributed by atoms with van der Waals surface area (Å²) in [6.07, 6.45) is 0.730. The zero-order valence-corrected chi connectivity index (χ0v) is 17.6. The number of nitrogens with one attached hydrogen (secondary N) is 1. The Hall–Kier alpha value is -2.38. The highest BCUT2D eigenvalue weighted by Crippen LogP contribution is 2.19. The average Bonchev–Trinajstić information content (AvgIpc) is 2.71. The Labute approximate surface area is 171 Å². The van der Waals surface area contributed by atoms with Crippen LogP contribution in [0.2, 0.25) is 0 Å². The number of H-pyrrole nitrogens is 1. The number of benzene rings is 1. The van der Waals surface area contributed by atoms with Crippen LogP contribution in [0.25, 0.3) is 10.9 Å². The molecule has 0 aliphatic carbocycles. The lowest BCUT2D eigenvalue weighted by atomic mass is 10.1. The summed E-state index contributed by atoms with van der Waals surface area (Å²) in [6, 6.07) is 5.98. The van der Waals surface area contributed by atoms with Crippen LogP contribution in [0.4, 0.5) is 4.79 Å². The number of morpholine rings is 1. The first-order valence-corrected chi connectivity index (χ1v) is 10.3. The number of hydrogen-bond acceptors (Lipinski definition) is 4. The topological polar surface area (TPSA) is 74.9 Å². The molecule has 0 bridgehead atoms. The van der Waals surface area contributed by atoms with Gasteiger partial charge in [-0.25, -0.2) is 4.79 Å². The average molecular weight is 402 g/mol. The predicted molar refractivity (Wildman–Crippen MR) is 113 cm³/mol. The highest BCUT2D eigenvalue weighted by atomic mass is 16.5. The van der Waals surface area contributed by atoms with E-state index in [0.29, 0.717) is 51.6 Å². The summed E-state index contributed by atoms with van der Waals surface area (Å²) in [7, 11) is 0. The standard InChI is InChI=1S/C22H31N3O4/c1-4-28-9-5-6-25(22(27)24-7-10-29-11-8-24)15-19-14-18-13-16(2)12-17(3)20(18)23-21(19)26/h12-14H,4-11,15H2,1-3H3,(H,23,26). The summed E-state index contributed by atoms with van der Waals surface area (Å²) in [5.74, 6) is 0. The van der Waals surface area contributed by atoms with Crippen LogP contribution in [-0.4, -0.2) is 66.9 Å². The number of ether oxygens (including phenoxy) is 2. The first-order chi connectivity index (χ1) is 14.0. The summed E-state index contributed by atoms with van der Waals surface area (Å²) in [6.45, 7) is 10.3. The molecule has 158 valence electrons. The minimum Gasteiger partial charge on any atom is -0.382 e. The Morgan fingerprint density at radius 3 is 2.72 bits per heavy atom. The Morgan fingerprint density at radius 2 is 2.00 bits per heavy atom. The fourth-order valence-corrected chi connectivity index (χ4v) is 3.75. The highest BCUT2D eigenvalue weighted by molar-refractivity contribution is 5.83. The molecule has 0 atom stereocenters. The van der Waals surface area contributed by atoms with Gasteiger partial charge in [0, 0.05) is 38.4 Å². The number of amides is 2. The van der Waals surface area contributed by atoms with Crippen LogP contribution in [0.3, 0.4) is 0 Å². The second-order valence-electron chi connectivity index (χ2n) is 7.52. The molecule has 1 fully saturated rings. The van der Waals surface area contributed by atoms with Gasteiger partial charge in [-0.15, -0.1) is 0 Å². The van der Waals surface area contributed by atoms with Gasteiger partial charge in [-0.2, -0.15) is 0 Å². The van der Waals surface area contributed by atoms with Crippen molar-refractivity contribution in [3.8, 4) is 0 Å². The molecule has 1 N–H and O–H groups in total. The van der Waals surface area contributed by atoms with Crippen molar-refractivity contribution in [3.05, 3.63) is 45.2 Å². The molecule has 1 aliphatic heterocycles. The first kappa shape index (κ1) is 21.3. The van der Waals surface area contributed by atoms with E-state index < -0.39 is 0 Å². The van der Waals surface area contributed by atoms with E-state index in [-0.39, 0.29) is 18.1 Å². The van der Waals surface area contributed by atoms with Crippen molar-refractivity contribution in [3.63, 3.8) is 0 Å². The SMILES string of the molecule is CCOCCCN(Cc1cc2cc(C)cc(C)c2[nH]c1=O)C(=O)N1CCOCC1. The monoisotopic (exact) mass is 401 g/mol. The highest BCUT2D eigenvalue weighted by Gasteiger charge is 2.23. The molecule has 2 aromatic rings. The Kier molecular flexibility index (Phi) is 7.28. The quantitative estimate of drug-likeness (QED) is 0.724. The van der Waals surface area contributed by atoms with Crippen molar-refractivity contribution in [2.45, 2.75) is 33.7 Å². The van der Waals surface area contributed by atoms with Gasteiger partial charge in [-0.1, -0.05) is 11.6 Å². The third-order valence-corrected chi connectivity index (χ3v) is 5.20. The minimum absolute atomic E-state index is 0.0512. The number of carbonyl (C=O) groups is 1. The van der Waals surface area contributed by atoms with Crippen molar-refractivity contribution < 1.29 is 14.3 Å². The molecule has 0 saturated carbocycles. The van der Waals surface area contributed by atoms with E-state index in [9.17, 15) is 9.59 Å². The zero-order valence-electron chi connectivity index (χ0n) is 17.6. The number of aryl methyl sites for hydroxylation is 2. The molecule has 1 aromatic carbocycles. The van der Waals surface area contributed by atoms with Gasteiger partial charge in [-0.3, -0.25) is 4.79 Å². The van der Waals surface area contributed by atoms with Gasteiger partial charge in [0.1, 0.15) is 0 Å². The molecular formula is C22H31N3O4. The van der Waals surface area contributed by atoms with E-state index in [1.54, 1.807) is 9.80 Å². The van der Waals surface area contributed by atoms with E-state index in [1.807, 2.05) is 26.8 Å². The Balaban J connectivity index is 1.84. The molecule has 0 unspecified atom stereocenters. The van der Waals surface area contributed by atoms with E-state index in [2.05, 4.69) is 17.1 Å². The van der Waals surface area contributed by atoms with Gasteiger partial charge >= 0.3 is 6.03 Å². The summed E-state index contributed by atoms with van der Waals surface area (Å²) >= 11 is 0. The number of nitrogens with zero attached hydrogens (tertiary/aromatic N) is 2. The van der Waals surface area contributed by atoms with Gasteiger partial charge in [0.25, 0.3) is 5.56 Å². The molecule has 0 spiro atoms. The number of hydrogen-bond donors (Lipinski definition) is 1. The fraction of sp³-hybridized carbons (Fsp3) is 0.545. The third-order valence-electron chi connectivity index (χ3n) is 5.20. The van der Waals surface area contributed by atoms with Gasteiger partial charge in [0.2, 0.25) is 0 Å². The molecule has 0 radical (unpaired) electrons. The van der Waals surface area contributed by atoms with Gasteiger partial charge in [-0.05, 0) is 50.3 Å². The molecule has 7 nitrogen and oxygen atoms in total. The number of pyridine rings is 1. The van der Waals surface area contributed by atoms with Crippen molar-refractivity contribution >= 4 is 16.9 Å². The number of urea groups is 1. The van der Waals surface area contributed by atoms with E-state index in [0.717, 1.165) is 28.5 Å². The van der Waals surface area contributed by atoms with Crippen molar-refractivity contribution in [2.24, 2.45) is 0 Å². The van der Waals surface area contributed by atoms with Crippen LogP contribution in [0.1, 0.15) is 30.0 Å². The van der Waals surface area contributed by atoms with Gasteiger partial charge < -0.3 is 24.3 Å². The summed E-state index contributed by atoms with van der Waals surface area (Å²) < 4.78 is 10.8. The van der Waals surface area contributed by atoms with E-state index in [1.165, 1.54) is 0 Å². The van der Waals surface area contributed by atoms with E-state index in [4.69, 9.17) is 9.47 Å². The second kappa shape index (κ2) is 9.89. The van der Waals surface area contributed by atoms with Crippen molar-refractivity contribution in [2.75, 3.05) is 46.1 Å². The molecule has 29 heavy (non-hydrogen) atoms. The van der Waals surface area contributed by atoms with Crippen LogP contribution >= 0.6 is 0 Å². The molecule has 1 aromatic heterocycles. The molecular weight excluding hydrogens is 370 g/mol. The fourth-order valence-electron chi connectivity index (χ4n) is 3.75. The number of rotatable bonds is 7.